The summed E-state index contributed by atoms with van der Waals surface area (Å²) in [5.41, 5.74) is -0.831. The minimum absolute atomic E-state index is 0.364. The van der Waals surface area contributed by atoms with E-state index >= 15 is 0 Å². The lowest BCUT2D eigenvalue weighted by Crippen LogP contribution is -2.36. The summed E-state index contributed by atoms with van der Waals surface area (Å²) in [6.07, 6.45) is 4.73. The van der Waals surface area contributed by atoms with Crippen molar-refractivity contribution < 1.29 is 9.53 Å². The summed E-state index contributed by atoms with van der Waals surface area (Å²) < 4.78 is 6.10. The van der Waals surface area contributed by atoms with Crippen LogP contribution in [-0.4, -0.2) is 21.6 Å². The highest BCUT2D eigenvalue weighted by Gasteiger charge is 2.24. The van der Waals surface area contributed by atoms with Gasteiger partial charge in [-0.3, -0.25) is 14.2 Å². The van der Waals surface area contributed by atoms with Gasteiger partial charge in [0.2, 0.25) is 0 Å². The average Bonchev–Trinajstić information content (AvgIpc) is 2.65. The van der Waals surface area contributed by atoms with Crippen molar-refractivity contribution >= 4 is 5.97 Å². The van der Waals surface area contributed by atoms with Crippen molar-refractivity contribution in [1.29, 1.82) is 0 Å². The smallest absolute Gasteiger partial charge is 0.328 e. The van der Waals surface area contributed by atoms with Crippen LogP contribution in [-0.2, 0) is 9.53 Å². The van der Waals surface area contributed by atoms with Crippen LogP contribution in [0.1, 0.15) is 19.4 Å². The zero-order valence-electron chi connectivity index (χ0n) is 9.25. The predicted molar refractivity (Wildman–Crippen MR) is 59.7 cm³/mol. The second-order valence-corrected chi connectivity index (χ2v) is 3.83. The summed E-state index contributed by atoms with van der Waals surface area (Å²) in [6.45, 7) is 1.32. The second kappa shape index (κ2) is 4.40. The molecule has 0 saturated heterocycles. The molecule has 0 radical (unpaired) electrons. The van der Waals surface area contributed by atoms with Gasteiger partial charge in [-0.15, -0.1) is 0 Å². The maximum absolute atomic E-state index is 11.6. The van der Waals surface area contributed by atoms with Gasteiger partial charge in [-0.05, 0) is 6.08 Å². The van der Waals surface area contributed by atoms with E-state index in [-0.39, 0.29) is 23.7 Å². The lowest BCUT2D eigenvalue weighted by atomic mass is 10.2. The molecular formula is C11H12N2O4. The lowest BCUT2D eigenvalue weighted by Gasteiger charge is -2.13. The molecule has 2 unspecified atom stereocenters. The number of H-pyrrole nitrogens is 1. The molecule has 1 aromatic rings. The second-order valence-electron chi connectivity index (χ2n) is 3.83. The first kappa shape index (κ1) is 11.4. The number of nitrogens with one attached hydrogen (secondary N) is 1. The molecule has 1 aliphatic rings. The van der Waals surface area contributed by atoms with E-state index in [9.17, 15) is 14.4 Å². The molecule has 0 aromatic carbocycles. The number of rotatable bonds is 2. The van der Waals surface area contributed by atoms with Gasteiger partial charge < -0.3 is 9.72 Å². The van der Waals surface area contributed by atoms with E-state index in [0.29, 0.717) is 6.42 Å². The topological polar surface area (TPSA) is 81.2 Å². The molecule has 0 fully saturated rings. The number of carbonyl (C=O) groups excluding carboxylic acids is 1. The van der Waals surface area contributed by atoms with Crippen LogP contribution in [0.25, 0.3) is 0 Å². The first-order chi connectivity index (χ1) is 8.08. The van der Waals surface area contributed by atoms with Gasteiger partial charge in [0.05, 0.1) is 6.04 Å². The summed E-state index contributed by atoms with van der Waals surface area (Å²) in [5.74, 6) is -0.380. The molecule has 1 N–H and O–H groups in total. The molecule has 0 bridgehead atoms. The van der Waals surface area contributed by atoms with Crippen LogP contribution >= 0.6 is 0 Å². The Balaban J connectivity index is 2.22. The average molecular weight is 236 g/mol. The minimum Gasteiger partial charge on any atom is -0.458 e. The Morgan fingerprint density at radius 3 is 2.88 bits per heavy atom. The van der Waals surface area contributed by atoms with Crippen molar-refractivity contribution in [3.8, 4) is 0 Å². The van der Waals surface area contributed by atoms with Crippen LogP contribution in [0.3, 0.4) is 0 Å². The van der Waals surface area contributed by atoms with Crippen LogP contribution in [0.15, 0.2) is 34.0 Å². The van der Waals surface area contributed by atoms with Gasteiger partial charge in [0, 0.05) is 25.6 Å². The largest absolute Gasteiger partial charge is 0.458 e. The molecule has 0 amide bonds. The third-order valence-corrected chi connectivity index (χ3v) is 2.56. The summed E-state index contributed by atoms with van der Waals surface area (Å²) in [5, 5.41) is 0. The molecule has 0 spiro atoms. The molecule has 90 valence electrons. The fraction of sp³-hybridized carbons (Fsp3) is 0.364. The lowest BCUT2D eigenvalue weighted by molar-refractivity contribution is -0.144. The molecule has 0 aliphatic heterocycles. The maximum Gasteiger partial charge on any atom is 0.328 e. The van der Waals surface area contributed by atoms with Gasteiger partial charge in [0.1, 0.15) is 6.10 Å². The Hall–Kier alpha value is -2.11. The monoisotopic (exact) mass is 236 g/mol. The minimum atomic E-state index is -0.462. The Morgan fingerprint density at radius 2 is 2.24 bits per heavy atom. The van der Waals surface area contributed by atoms with Crippen LogP contribution in [0, 0.1) is 0 Å². The van der Waals surface area contributed by atoms with Gasteiger partial charge >= 0.3 is 11.7 Å². The molecule has 1 aromatic heterocycles. The predicted octanol–water partition coefficient (Wildman–Crippen LogP) is -0.0307. The fourth-order valence-corrected chi connectivity index (χ4v) is 1.89. The van der Waals surface area contributed by atoms with Crippen molar-refractivity contribution in [2.45, 2.75) is 25.5 Å². The number of allylic oxidation sites excluding steroid dienone is 1. The van der Waals surface area contributed by atoms with E-state index in [0.717, 1.165) is 4.57 Å². The highest BCUT2D eigenvalue weighted by Crippen LogP contribution is 2.22. The Kier molecular flexibility index (Phi) is 2.95. The van der Waals surface area contributed by atoms with Crippen molar-refractivity contribution in [2.24, 2.45) is 0 Å². The number of hydrogen-bond acceptors (Lipinski definition) is 4. The molecular weight excluding hydrogens is 224 g/mol. The van der Waals surface area contributed by atoms with Crippen molar-refractivity contribution in [1.82, 2.24) is 9.55 Å². The highest BCUT2D eigenvalue weighted by molar-refractivity contribution is 5.66. The fourth-order valence-electron chi connectivity index (χ4n) is 1.89. The van der Waals surface area contributed by atoms with Crippen molar-refractivity contribution in [3.63, 3.8) is 0 Å². The van der Waals surface area contributed by atoms with Gasteiger partial charge in [0.15, 0.2) is 0 Å². The summed E-state index contributed by atoms with van der Waals surface area (Å²) in [6, 6.07) is 0.922. The summed E-state index contributed by atoms with van der Waals surface area (Å²) >= 11 is 0. The van der Waals surface area contributed by atoms with E-state index in [1.807, 2.05) is 0 Å². The molecule has 0 saturated carbocycles. The number of esters is 1. The number of hydrogen-bond donors (Lipinski definition) is 1. The highest BCUT2D eigenvalue weighted by atomic mass is 16.5. The van der Waals surface area contributed by atoms with Crippen LogP contribution < -0.4 is 11.2 Å². The maximum atomic E-state index is 11.6. The van der Waals surface area contributed by atoms with E-state index in [2.05, 4.69) is 4.98 Å². The Bertz CT molecular complexity index is 541. The first-order valence-electron chi connectivity index (χ1n) is 5.23. The third-order valence-electron chi connectivity index (χ3n) is 2.56. The third kappa shape index (κ3) is 2.35. The normalized spacial score (nSPS) is 22.6. The van der Waals surface area contributed by atoms with Crippen LogP contribution in [0.4, 0.5) is 0 Å². The van der Waals surface area contributed by atoms with E-state index in [1.165, 1.54) is 19.2 Å². The van der Waals surface area contributed by atoms with Crippen LogP contribution in [0.5, 0.6) is 0 Å². The molecule has 6 nitrogen and oxygen atoms in total. The quantitative estimate of drug-likeness (QED) is 0.577. The number of carbonyl (C=O) groups is 1. The van der Waals surface area contributed by atoms with Gasteiger partial charge in [-0.2, -0.15) is 0 Å². The SMILES string of the molecule is CC(=O)OC1C=CC(n2c(=O)cc[nH]c2=O)C1. The molecule has 1 aliphatic carbocycles. The van der Waals surface area contributed by atoms with Crippen molar-refractivity contribution in [2.75, 3.05) is 0 Å². The number of nitrogens with zero attached hydrogens (tertiary/aromatic N) is 1. The van der Waals surface area contributed by atoms with Gasteiger partial charge in [0.25, 0.3) is 5.56 Å². The summed E-state index contributed by atoms with van der Waals surface area (Å²) in [7, 11) is 0. The van der Waals surface area contributed by atoms with E-state index in [4.69, 9.17) is 4.74 Å². The van der Waals surface area contributed by atoms with Gasteiger partial charge in [-0.25, -0.2) is 4.79 Å². The number of aromatic nitrogens is 2. The van der Waals surface area contributed by atoms with Crippen molar-refractivity contribution in [3.05, 3.63) is 45.3 Å². The zero-order chi connectivity index (χ0) is 12.4. The van der Waals surface area contributed by atoms with E-state index < -0.39 is 5.69 Å². The zero-order valence-corrected chi connectivity index (χ0v) is 9.25. The Labute approximate surface area is 96.5 Å². The first-order valence-corrected chi connectivity index (χ1v) is 5.23. The number of ether oxygens (including phenoxy) is 1. The number of aromatic amines is 1. The van der Waals surface area contributed by atoms with E-state index in [1.54, 1.807) is 12.2 Å². The Morgan fingerprint density at radius 1 is 1.47 bits per heavy atom. The summed E-state index contributed by atoms with van der Waals surface area (Å²) in [4.78, 5) is 36.3. The van der Waals surface area contributed by atoms with Crippen LogP contribution in [0.2, 0.25) is 0 Å². The standard InChI is InChI=1S/C11H12N2O4/c1-7(14)17-9-3-2-8(6-9)13-10(15)4-5-12-11(13)16/h2-5,8-9H,6H2,1H3,(H,12,16). The molecule has 1 heterocycles. The van der Waals surface area contributed by atoms with Gasteiger partial charge in [-0.1, -0.05) is 6.08 Å². The molecule has 17 heavy (non-hydrogen) atoms. The molecule has 2 rings (SSSR count). The molecule has 2 atom stereocenters. The molecule has 6 heteroatoms.